The van der Waals surface area contributed by atoms with E-state index in [0.29, 0.717) is 25.1 Å². The molecule has 0 aromatic heterocycles. The summed E-state index contributed by atoms with van der Waals surface area (Å²) in [6.45, 7) is 3.01. The Labute approximate surface area is 112 Å². The lowest BCUT2D eigenvalue weighted by Crippen LogP contribution is -2.44. The lowest BCUT2D eigenvalue weighted by atomic mass is 9.97. The minimum atomic E-state index is -0.339. The summed E-state index contributed by atoms with van der Waals surface area (Å²) in [4.78, 5) is 13.7. The molecule has 0 radical (unpaired) electrons. The first-order valence-corrected chi connectivity index (χ1v) is 6.47. The molecule has 2 atom stereocenters. The van der Waals surface area contributed by atoms with Crippen LogP contribution in [0.25, 0.3) is 6.08 Å². The molecule has 1 aliphatic heterocycles. The molecule has 0 bridgehead atoms. The van der Waals surface area contributed by atoms with Crippen molar-refractivity contribution in [1.82, 2.24) is 4.90 Å². The predicted molar refractivity (Wildman–Crippen MR) is 71.8 cm³/mol. The Morgan fingerprint density at radius 1 is 1.47 bits per heavy atom. The highest BCUT2D eigenvalue weighted by atomic mass is 19.1. The van der Waals surface area contributed by atoms with Crippen LogP contribution in [0.3, 0.4) is 0 Å². The first kappa shape index (κ1) is 13.7. The van der Waals surface area contributed by atoms with Crippen LogP contribution in [0.5, 0.6) is 0 Å². The zero-order chi connectivity index (χ0) is 13.8. The maximum atomic E-state index is 13.4. The molecule has 0 aliphatic carbocycles. The quantitative estimate of drug-likeness (QED) is 0.830. The van der Waals surface area contributed by atoms with Gasteiger partial charge in [0.2, 0.25) is 5.91 Å². The molecule has 1 aliphatic rings. The van der Waals surface area contributed by atoms with Gasteiger partial charge in [0.15, 0.2) is 0 Å². The molecule has 2 rings (SSSR count). The zero-order valence-corrected chi connectivity index (χ0v) is 10.9. The normalized spacial score (nSPS) is 23.8. The second-order valence-electron chi connectivity index (χ2n) is 4.97. The van der Waals surface area contributed by atoms with Crippen molar-refractivity contribution >= 4 is 12.0 Å². The monoisotopic (exact) mass is 263 g/mol. The van der Waals surface area contributed by atoms with Crippen molar-refractivity contribution in [3.8, 4) is 0 Å². The highest BCUT2D eigenvalue weighted by Crippen LogP contribution is 2.17. The largest absolute Gasteiger partial charge is 0.393 e. The summed E-state index contributed by atoms with van der Waals surface area (Å²) in [6.07, 6.45) is 3.15. The van der Waals surface area contributed by atoms with Gasteiger partial charge in [0.05, 0.1) is 6.10 Å². The highest BCUT2D eigenvalue weighted by Gasteiger charge is 2.25. The Morgan fingerprint density at radius 2 is 2.21 bits per heavy atom. The number of aliphatic hydroxyl groups excluding tert-OH is 1. The van der Waals surface area contributed by atoms with E-state index in [0.717, 1.165) is 0 Å². The van der Waals surface area contributed by atoms with Crippen molar-refractivity contribution in [2.45, 2.75) is 19.4 Å². The molecule has 1 heterocycles. The summed E-state index contributed by atoms with van der Waals surface area (Å²) >= 11 is 0. The number of hydrogen-bond acceptors (Lipinski definition) is 2. The van der Waals surface area contributed by atoms with Gasteiger partial charge in [0, 0.05) is 24.7 Å². The van der Waals surface area contributed by atoms with Crippen molar-refractivity contribution in [1.29, 1.82) is 0 Å². The van der Waals surface area contributed by atoms with Crippen LogP contribution in [0, 0.1) is 11.7 Å². The van der Waals surface area contributed by atoms with Crippen LogP contribution in [-0.2, 0) is 4.79 Å². The molecule has 1 amide bonds. The first-order chi connectivity index (χ1) is 9.08. The molecule has 1 fully saturated rings. The van der Waals surface area contributed by atoms with Gasteiger partial charge in [-0.25, -0.2) is 4.39 Å². The standard InChI is InChI=1S/C15H18FNO2/c1-11-10-17(9-8-14(11)18)15(19)7-6-12-4-2-3-5-13(12)16/h2-7,11,14,18H,8-10H2,1H3/b7-6+. The highest BCUT2D eigenvalue weighted by molar-refractivity contribution is 5.91. The summed E-state index contributed by atoms with van der Waals surface area (Å²) in [7, 11) is 0. The van der Waals surface area contributed by atoms with Crippen molar-refractivity contribution in [2.75, 3.05) is 13.1 Å². The van der Waals surface area contributed by atoms with Crippen LogP contribution in [0.2, 0.25) is 0 Å². The smallest absolute Gasteiger partial charge is 0.246 e. The van der Waals surface area contributed by atoms with Crippen LogP contribution in [0.4, 0.5) is 4.39 Å². The van der Waals surface area contributed by atoms with E-state index >= 15 is 0 Å². The second-order valence-corrected chi connectivity index (χ2v) is 4.97. The molecular formula is C15H18FNO2. The number of rotatable bonds is 2. The lowest BCUT2D eigenvalue weighted by molar-refractivity contribution is -0.129. The van der Waals surface area contributed by atoms with Crippen LogP contribution in [-0.4, -0.2) is 35.1 Å². The fourth-order valence-corrected chi connectivity index (χ4v) is 2.21. The third kappa shape index (κ3) is 3.41. The van der Waals surface area contributed by atoms with E-state index in [9.17, 15) is 14.3 Å². The van der Waals surface area contributed by atoms with Crippen LogP contribution < -0.4 is 0 Å². The molecule has 4 heteroatoms. The molecule has 0 spiro atoms. The fourth-order valence-electron chi connectivity index (χ4n) is 2.21. The Bertz CT molecular complexity index is 487. The van der Waals surface area contributed by atoms with Gasteiger partial charge in [-0.2, -0.15) is 0 Å². The first-order valence-electron chi connectivity index (χ1n) is 6.47. The van der Waals surface area contributed by atoms with Crippen LogP contribution in [0.15, 0.2) is 30.3 Å². The minimum absolute atomic E-state index is 0.0829. The number of carbonyl (C=O) groups is 1. The average molecular weight is 263 g/mol. The Kier molecular flexibility index (Phi) is 4.32. The van der Waals surface area contributed by atoms with Crippen LogP contribution in [0.1, 0.15) is 18.9 Å². The molecular weight excluding hydrogens is 245 g/mol. The molecule has 102 valence electrons. The molecule has 1 aromatic carbocycles. The Hall–Kier alpha value is -1.68. The predicted octanol–water partition coefficient (Wildman–Crippen LogP) is 2.07. The summed E-state index contributed by atoms with van der Waals surface area (Å²) in [6, 6.07) is 6.33. The second kappa shape index (κ2) is 5.97. The molecule has 3 nitrogen and oxygen atoms in total. The van der Waals surface area contributed by atoms with Gasteiger partial charge in [0.1, 0.15) is 5.82 Å². The van der Waals surface area contributed by atoms with Crippen molar-refractivity contribution in [3.63, 3.8) is 0 Å². The maximum Gasteiger partial charge on any atom is 0.246 e. The van der Waals surface area contributed by atoms with Gasteiger partial charge in [-0.3, -0.25) is 4.79 Å². The third-order valence-electron chi connectivity index (χ3n) is 3.48. The van der Waals surface area contributed by atoms with E-state index in [2.05, 4.69) is 0 Å². The molecule has 2 unspecified atom stereocenters. The number of aliphatic hydroxyl groups is 1. The van der Waals surface area contributed by atoms with E-state index in [1.807, 2.05) is 6.92 Å². The summed E-state index contributed by atoms with van der Waals surface area (Å²) < 4.78 is 13.4. The number of benzene rings is 1. The van der Waals surface area contributed by atoms with Gasteiger partial charge in [-0.1, -0.05) is 25.1 Å². The molecule has 19 heavy (non-hydrogen) atoms. The van der Waals surface area contributed by atoms with E-state index in [1.165, 1.54) is 18.2 Å². The number of hydrogen-bond donors (Lipinski definition) is 1. The third-order valence-corrected chi connectivity index (χ3v) is 3.48. The summed E-state index contributed by atoms with van der Waals surface area (Å²) in [5, 5.41) is 9.62. The SMILES string of the molecule is CC1CN(C(=O)/C=C/c2ccccc2F)CCC1O. The van der Waals surface area contributed by atoms with E-state index in [-0.39, 0.29) is 23.7 Å². The average Bonchev–Trinajstić information content (AvgIpc) is 2.40. The summed E-state index contributed by atoms with van der Waals surface area (Å²) in [5.74, 6) is -0.393. The number of nitrogens with zero attached hydrogens (tertiary/aromatic N) is 1. The van der Waals surface area contributed by atoms with Gasteiger partial charge in [-0.15, -0.1) is 0 Å². The Balaban J connectivity index is 2.00. The zero-order valence-electron chi connectivity index (χ0n) is 10.9. The number of halogens is 1. The van der Waals surface area contributed by atoms with Gasteiger partial charge < -0.3 is 10.0 Å². The van der Waals surface area contributed by atoms with E-state index < -0.39 is 0 Å². The fraction of sp³-hybridized carbons (Fsp3) is 0.400. The molecule has 1 saturated heterocycles. The van der Waals surface area contributed by atoms with Gasteiger partial charge >= 0.3 is 0 Å². The van der Waals surface area contributed by atoms with E-state index in [4.69, 9.17) is 0 Å². The van der Waals surface area contributed by atoms with Crippen molar-refractivity contribution in [3.05, 3.63) is 41.7 Å². The Morgan fingerprint density at radius 3 is 2.89 bits per heavy atom. The van der Waals surface area contributed by atoms with E-state index in [1.54, 1.807) is 23.1 Å². The van der Waals surface area contributed by atoms with Crippen LogP contribution >= 0.6 is 0 Å². The number of carbonyl (C=O) groups excluding carboxylic acids is 1. The van der Waals surface area contributed by atoms with Gasteiger partial charge in [-0.05, 0) is 24.5 Å². The van der Waals surface area contributed by atoms with Gasteiger partial charge in [0.25, 0.3) is 0 Å². The van der Waals surface area contributed by atoms with Crippen molar-refractivity contribution in [2.24, 2.45) is 5.92 Å². The number of piperidine rings is 1. The topological polar surface area (TPSA) is 40.5 Å². The summed E-state index contributed by atoms with van der Waals surface area (Å²) in [5.41, 5.74) is 0.404. The minimum Gasteiger partial charge on any atom is -0.393 e. The maximum absolute atomic E-state index is 13.4. The number of likely N-dealkylation sites (tertiary alicyclic amines) is 1. The number of amides is 1. The molecule has 0 saturated carbocycles. The van der Waals surface area contributed by atoms with Crippen molar-refractivity contribution < 1.29 is 14.3 Å². The molecule has 1 N–H and O–H groups in total. The lowest BCUT2D eigenvalue weighted by Gasteiger charge is -2.33. The molecule has 1 aromatic rings.